The maximum atomic E-state index is 12.8. The van der Waals surface area contributed by atoms with E-state index < -0.39 is 11.9 Å². The second-order valence-corrected chi connectivity index (χ2v) is 8.62. The molecule has 1 saturated heterocycles. The standard InChI is InChI=1S/C23H21ClF3N5O2/c1-13-12-32(10-9-17(13)29-14-3-5-15(6-4-14)34-23(25,26)27)21-16(11-28)22(33)31(2)18-7-8-19(24)30-20(18)21/h3-8,13,17,29H,9-10,12H2,1-2H3/t13-,17+/m1/s1. The molecular weight excluding hydrogens is 471 g/mol. The highest BCUT2D eigenvalue weighted by Crippen LogP contribution is 2.33. The molecule has 2 aromatic heterocycles. The number of nitrogens with one attached hydrogen (secondary N) is 1. The van der Waals surface area contributed by atoms with Gasteiger partial charge in [0.2, 0.25) is 0 Å². The number of hydrogen-bond donors (Lipinski definition) is 1. The van der Waals surface area contributed by atoms with Crippen molar-refractivity contribution >= 4 is 34.0 Å². The third kappa shape index (κ3) is 4.75. The largest absolute Gasteiger partial charge is 0.573 e. The molecule has 11 heteroatoms. The number of hydrogen-bond acceptors (Lipinski definition) is 6. The summed E-state index contributed by atoms with van der Waals surface area (Å²) < 4.78 is 42.4. The van der Waals surface area contributed by atoms with Crippen LogP contribution >= 0.6 is 11.6 Å². The van der Waals surface area contributed by atoms with E-state index in [1.165, 1.54) is 28.8 Å². The van der Waals surface area contributed by atoms with Crippen LogP contribution < -0.4 is 20.5 Å². The van der Waals surface area contributed by atoms with Crippen molar-refractivity contribution in [1.82, 2.24) is 9.55 Å². The second-order valence-electron chi connectivity index (χ2n) is 8.24. The lowest BCUT2D eigenvalue weighted by molar-refractivity contribution is -0.274. The van der Waals surface area contributed by atoms with Crippen molar-refractivity contribution in [2.75, 3.05) is 23.3 Å². The topological polar surface area (TPSA) is 83.2 Å². The molecule has 3 heterocycles. The fourth-order valence-electron chi connectivity index (χ4n) is 4.31. The van der Waals surface area contributed by atoms with E-state index >= 15 is 0 Å². The number of halogens is 4. The van der Waals surface area contributed by atoms with Crippen LogP contribution in [0.5, 0.6) is 5.75 Å². The first kappa shape index (κ1) is 23.7. The molecule has 1 aliphatic rings. The molecule has 0 amide bonds. The molecule has 0 radical (unpaired) electrons. The van der Waals surface area contributed by atoms with Crippen LogP contribution in [-0.4, -0.2) is 35.0 Å². The fraction of sp³-hybridized carbons (Fsp3) is 0.348. The zero-order valence-corrected chi connectivity index (χ0v) is 19.1. The van der Waals surface area contributed by atoms with Gasteiger partial charge >= 0.3 is 6.36 Å². The molecule has 0 spiro atoms. The Hall–Kier alpha value is -3.45. The molecule has 0 bridgehead atoms. The summed E-state index contributed by atoms with van der Waals surface area (Å²) in [7, 11) is 1.59. The van der Waals surface area contributed by atoms with Crippen LogP contribution in [0.1, 0.15) is 18.9 Å². The van der Waals surface area contributed by atoms with Gasteiger partial charge in [-0.25, -0.2) is 4.98 Å². The van der Waals surface area contributed by atoms with Crippen molar-refractivity contribution < 1.29 is 17.9 Å². The molecular formula is C23H21ClF3N5O2. The molecule has 1 aliphatic heterocycles. The Morgan fingerprint density at radius 2 is 1.94 bits per heavy atom. The highest BCUT2D eigenvalue weighted by molar-refractivity contribution is 6.29. The van der Waals surface area contributed by atoms with Crippen LogP contribution in [0.3, 0.4) is 0 Å². The van der Waals surface area contributed by atoms with Gasteiger partial charge in [-0.05, 0) is 48.7 Å². The van der Waals surface area contributed by atoms with Gasteiger partial charge in [-0.15, -0.1) is 13.2 Å². The first-order valence-electron chi connectivity index (χ1n) is 10.5. The minimum Gasteiger partial charge on any atom is -0.406 e. The predicted octanol–water partition coefficient (Wildman–Crippen LogP) is 4.68. The Balaban J connectivity index is 1.56. The van der Waals surface area contributed by atoms with Gasteiger partial charge in [-0.2, -0.15) is 5.26 Å². The third-order valence-corrected chi connectivity index (χ3v) is 6.16. The number of aromatic nitrogens is 2. The van der Waals surface area contributed by atoms with Gasteiger partial charge in [0.1, 0.15) is 28.1 Å². The SMILES string of the molecule is C[C@@H]1CN(c2c(C#N)c(=O)n(C)c3ccc(Cl)nc23)CC[C@@H]1Nc1ccc(OC(F)(F)F)cc1. The van der Waals surface area contributed by atoms with Gasteiger partial charge in [0.15, 0.2) is 0 Å². The number of nitrogens with zero attached hydrogens (tertiary/aromatic N) is 4. The van der Waals surface area contributed by atoms with Crippen LogP contribution in [-0.2, 0) is 7.05 Å². The third-order valence-electron chi connectivity index (χ3n) is 5.95. The average molecular weight is 492 g/mol. The van der Waals surface area contributed by atoms with E-state index in [-0.39, 0.29) is 28.4 Å². The van der Waals surface area contributed by atoms with Gasteiger partial charge in [0, 0.05) is 31.9 Å². The first-order valence-corrected chi connectivity index (χ1v) is 10.9. The number of fused-ring (bicyclic) bond motifs is 1. The minimum atomic E-state index is -4.74. The van der Waals surface area contributed by atoms with Gasteiger partial charge in [-0.3, -0.25) is 4.79 Å². The van der Waals surface area contributed by atoms with Gasteiger partial charge in [0.25, 0.3) is 5.56 Å². The van der Waals surface area contributed by atoms with Crippen molar-refractivity contribution in [3.63, 3.8) is 0 Å². The summed E-state index contributed by atoms with van der Waals surface area (Å²) in [6.07, 6.45) is -4.07. The Morgan fingerprint density at radius 1 is 1.24 bits per heavy atom. The molecule has 0 unspecified atom stereocenters. The number of alkyl halides is 3. The van der Waals surface area contributed by atoms with E-state index in [9.17, 15) is 23.2 Å². The Kier molecular flexibility index (Phi) is 6.32. The quantitative estimate of drug-likeness (QED) is 0.533. The number of piperidine rings is 1. The lowest BCUT2D eigenvalue weighted by atomic mass is 9.92. The molecule has 2 atom stereocenters. The number of ether oxygens (including phenoxy) is 1. The predicted molar refractivity (Wildman–Crippen MR) is 123 cm³/mol. The summed E-state index contributed by atoms with van der Waals surface area (Å²) in [5.74, 6) is -0.196. The molecule has 1 fully saturated rings. The fourth-order valence-corrected chi connectivity index (χ4v) is 4.46. The maximum absolute atomic E-state index is 12.8. The van der Waals surface area contributed by atoms with Crippen molar-refractivity contribution in [3.8, 4) is 11.8 Å². The van der Waals surface area contributed by atoms with Crippen molar-refractivity contribution in [2.24, 2.45) is 13.0 Å². The zero-order chi connectivity index (χ0) is 24.6. The van der Waals surface area contributed by atoms with E-state index in [1.807, 2.05) is 17.9 Å². The monoisotopic (exact) mass is 491 g/mol. The first-order chi connectivity index (χ1) is 16.1. The average Bonchev–Trinajstić information content (AvgIpc) is 2.77. The van der Waals surface area contributed by atoms with Crippen LogP contribution in [0.25, 0.3) is 11.0 Å². The highest BCUT2D eigenvalue weighted by atomic mass is 35.5. The molecule has 0 saturated carbocycles. The minimum absolute atomic E-state index is 0.0172. The summed E-state index contributed by atoms with van der Waals surface area (Å²) in [5, 5.41) is 13.4. The van der Waals surface area contributed by atoms with Crippen LogP contribution in [0, 0.1) is 17.2 Å². The van der Waals surface area contributed by atoms with Crippen molar-refractivity contribution in [2.45, 2.75) is 25.7 Å². The van der Waals surface area contributed by atoms with E-state index in [0.29, 0.717) is 41.9 Å². The number of nitriles is 1. The van der Waals surface area contributed by atoms with Crippen LogP contribution in [0.2, 0.25) is 5.15 Å². The van der Waals surface area contributed by atoms with E-state index in [0.717, 1.165) is 0 Å². The van der Waals surface area contributed by atoms with Gasteiger partial charge in [-0.1, -0.05) is 18.5 Å². The number of benzene rings is 1. The van der Waals surface area contributed by atoms with E-state index in [4.69, 9.17) is 11.6 Å². The van der Waals surface area contributed by atoms with Crippen LogP contribution in [0.15, 0.2) is 41.2 Å². The van der Waals surface area contributed by atoms with E-state index in [1.54, 1.807) is 19.2 Å². The molecule has 1 N–H and O–H groups in total. The second kappa shape index (κ2) is 9.06. The lowest BCUT2D eigenvalue weighted by Gasteiger charge is -2.39. The zero-order valence-electron chi connectivity index (χ0n) is 18.4. The van der Waals surface area contributed by atoms with Crippen molar-refractivity contribution in [1.29, 1.82) is 5.26 Å². The Labute approximate surface area is 198 Å². The van der Waals surface area contributed by atoms with Gasteiger partial charge in [0.05, 0.1) is 11.2 Å². The maximum Gasteiger partial charge on any atom is 0.573 e. The number of pyridine rings is 2. The summed E-state index contributed by atoms with van der Waals surface area (Å²) in [5.41, 5.74) is 1.83. The summed E-state index contributed by atoms with van der Waals surface area (Å²) >= 11 is 6.12. The summed E-state index contributed by atoms with van der Waals surface area (Å²) in [4.78, 5) is 19.2. The lowest BCUT2D eigenvalue weighted by Crippen LogP contribution is -2.46. The molecule has 178 valence electrons. The molecule has 34 heavy (non-hydrogen) atoms. The van der Waals surface area contributed by atoms with Crippen LogP contribution in [0.4, 0.5) is 24.5 Å². The number of aryl methyl sites for hydroxylation is 1. The smallest absolute Gasteiger partial charge is 0.406 e. The Bertz CT molecular complexity index is 1320. The summed E-state index contributed by atoms with van der Waals surface area (Å²) in [6, 6.07) is 11.0. The normalized spacial score (nSPS) is 18.6. The highest BCUT2D eigenvalue weighted by Gasteiger charge is 2.32. The Morgan fingerprint density at radius 3 is 2.56 bits per heavy atom. The number of rotatable bonds is 4. The molecule has 3 aromatic rings. The van der Waals surface area contributed by atoms with Gasteiger partial charge < -0.3 is 19.5 Å². The number of anilines is 2. The molecule has 1 aromatic carbocycles. The van der Waals surface area contributed by atoms with E-state index in [2.05, 4.69) is 15.0 Å². The molecule has 4 rings (SSSR count). The molecule has 7 nitrogen and oxygen atoms in total. The van der Waals surface area contributed by atoms with Crippen molar-refractivity contribution in [3.05, 3.63) is 57.5 Å². The molecule has 0 aliphatic carbocycles. The summed E-state index contributed by atoms with van der Waals surface area (Å²) in [6.45, 7) is 3.11.